The van der Waals surface area contributed by atoms with Gasteiger partial charge in [0.05, 0.1) is 6.54 Å². The van der Waals surface area contributed by atoms with E-state index in [4.69, 9.17) is 0 Å². The lowest BCUT2D eigenvalue weighted by molar-refractivity contribution is -0.130. The Hall–Kier alpha value is -1.56. The Bertz CT molecular complexity index is 585. The number of rotatable bonds is 7. The predicted octanol–water partition coefficient (Wildman–Crippen LogP) is 3.30. The van der Waals surface area contributed by atoms with Crippen LogP contribution in [0.5, 0.6) is 0 Å². The van der Waals surface area contributed by atoms with Crippen LogP contribution in [-0.4, -0.2) is 42.9 Å². The maximum atomic E-state index is 12.3. The summed E-state index contributed by atoms with van der Waals surface area (Å²) in [6.07, 6.45) is 5.41. The van der Waals surface area contributed by atoms with E-state index < -0.39 is 0 Å². The molecule has 0 heterocycles. The number of hydrogen-bond donors (Lipinski definition) is 2. The van der Waals surface area contributed by atoms with Crippen molar-refractivity contribution < 1.29 is 4.79 Å². The second-order valence-electron chi connectivity index (χ2n) is 6.48. The van der Waals surface area contributed by atoms with Gasteiger partial charge in [0.2, 0.25) is 5.91 Å². The van der Waals surface area contributed by atoms with Crippen LogP contribution in [0.25, 0.3) is 0 Å². The van der Waals surface area contributed by atoms with Crippen molar-refractivity contribution in [1.82, 2.24) is 15.5 Å². The van der Waals surface area contributed by atoms with Crippen LogP contribution in [0, 0.1) is 0 Å². The zero-order valence-corrected chi connectivity index (χ0v) is 16.8. The van der Waals surface area contributed by atoms with Gasteiger partial charge in [-0.25, -0.2) is 0 Å². The first kappa shape index (κ1) is 19.8. The van der Waals surface area contributed by atoms with Crippen molar-refractivity contribution in [3.8, 4) is 0 Å². The van der Waals surface area contributed by atoms with Gasteiger partial charge < -0.3 is 15.5 Å². The van der Waals surface area contributed by atoms with E-state index in [0.29, 0.717) is 25.6 Å². The van der Waals surface area contributed by atoms with E-state index in [-0.39, 0.29) is 5.91 Å². The molecule has 0 radical (unpaired) electrons. The number of carbonyl (C=O) groups excluding carboxylic acids is 1. The molecule has 1 aromatic rings. The van der Waals surface area contributed by atoms with Crippen molar-refractivity contribution in [2.75, 3.05) is 20.1 Å². The van der Waals surface area contributed by atoms with E-state index in [2.05, 4.69) is 38.5 Å². The van der Waals surface area contributed by atoms with E-state index >= 15 is 0 Å². The molecular weight excluding hydrogens is 380 g/mol. The maximum absolute atomic E-state index is 12.3. The molecule has 0 atom stereocenters. The third-order valence-electron chi connectivity index (χ3n) is 4.43. The molecule has 0 saturated heterocycles. The number of benzene rings is 1. The third-order valence-corrected chi connectivity index (χ3v) is 5.20. The summed E-state index contributed by atoms with van der Waals surface area (Å²) in [4.78, 5) is 18.7. The largest absolute Gasteiger partial charge is 0.357 e. The minimum Gasteiger partial charge on any atom is -0.357 e. The van der Waals surface area contributed by atoms with E-state index in [1.54, 1.807) is 4.90 Å². The first-order chi connectivity index (χ1) is 12.1. The third kappa shape index (κ3) is 6.69. The molecule has 1 aliphatic rings. The first-order valence-electron chi connectivity index (χ1n) is 9.12. The lowest BCUT2D eigenvalue weighted by atomic mass is 10.2. The fourth-order valence-corrected chi connectivity index (χ4v) is 3.42. The minimum absolute atomic E-state index is 0.108. The van der Waals surface area contributed by atoms with Gasteiger partial charge in [-0.2, -0.15) is 0 Å². The van der Waals surface area contributed by atoms with Gasteiger partial charge >= 0.3 is 0 Å². The van der Waals surface area contributed by atoms with Crippen LogP contribution in [0.3, 0.4) is 0 Å². The molecule has 1 aromatic carbocycles. The number of nitrogens with one attached hydrogen (secondary N) is 2. The van der Waals surface area contributed by atoms with Crippen LogP contribution >= 0.6 is 15.9 Å². The number of nitrogens with zero attached hydrogens (tertiary/aromatic N) is 2. The summed E-state index contributed by atoms with van der Waals surface area (Å²) < 4.78 is 1.03. The van der Waals surface area contributed by atoms with E-state index in [9.17, 15) is 4.79 Å². The minimum atomic E-state index is 0.108. The summed E-state index contributed by atoms with van der Waals surface area (Å²) in [6, 6.07) is 8.51. The summed E-state index contributed by atoms with van der Waals surface area (Å²) in [7, 11) is 1.84. The molecule has 1 aliphatic carbocycles. The summed E-state index contributed by atoms with van der Waals surface area (Å²) in [6.45, 7) is 3.99. The number of guanidine groups is 1. The molecule has 25 heavy (non-hydrogen) atoms. The number of halogens is 1. The van der Waals surface area contributed by atoms with Crippen molar-refractivity contribution in [2.45, 2.75) is 51.6 Å². The SMILES string of the molecule is CCNC(=NCCC(=O)N(C)Cc1ccccc1Br)NC1CCCC1. The molecule has 6 heteroatoms. The van der Waals surface area contributed by atoms with Crippen molar-refractivity contribution in [3.05, 3.63) is 34.3 Å². The van der Waals surface area contributed by atoms with E-state index in [1.165, 1.54) is 25.7 Å². The highest BCUT2D eigenvalue weighted by molar-refractivity contribution is 9.10. The van der Waals surface area contributed by atoms with E-state index in [0.717, 1.165) is 22.5 Å². The highest BCUT2D eigenvalue weighted by Crippen LogP contribution is 2.18. The van der Waals surface area contributed by atoms with Crippen LogP contribution in [-0.2, 0) is 11.3 Å². The molecule has 0 bridgehead atoms. The Morgan fingerprint density at radius 2 is 2.04 bits per heavy atom. The standard InChI is InChI=1S/C19H29BrN4O/c1-3-21-19(23-16-9-5-6-10-16)22-13-12-18(25)24(2)14-15-8-4-7-11-17(15)20/h4,7-8,11,16H,3,5-6,9-10,12-14H2,1-2H3,(H2,21,22,23). The van der Waals surface area contributed by atoms with Crippen LogP contribution in [0.4, 0.5) is 0 Å². The van der Waals surface area contributed by atoms with Gasteiger partial charge in [-0.3, -0.25) is 9.79 Å². The normalized spacial score (nSPS) is 15.2. The highest BCUT2D eigenvalue weighted by atomic mass is 79.9. The Kier molecular flexibility index (Phi) is 8.25. The molecule has 1 amide bonds. The number of hydrogen-bond acceptors (Lipinski definition) is 2. The van der Waals surface area contributed by atoms with E-state index in [1.807, 2.05) is 31.3 Å². The summed E-state index contributed by atoms with van der Waals surface area (Å²) in [5.41, 5.74) is 1.11. The topological polar surface area (TPSA) is 56.7 Å². The van der Waals surface area contributed by atoms with Crippen LogP contribution in [0.15, 0.2) is 33.7 Å². The lowest BCUT2D eigenvalue weighted by Crippen LogP contribution is -2.42. The smallest absolute Gasteiger partial charge is 0.224 e. The van der Waals surface area contributed by atoms with Crippen LogP contribution in [0.1, 0.15) is 44.6 Å². The average molecular weight is 409 g/mol. The zero-order valence-electron chi connectivity index (χ0n) is 15.2. The molecule has 0 aromatic heterocycles. The number of amides is 1. The quantitative estimate of drug-likeness (QED) is 0.537. The zero-order chi connectivity index (χ0) is 18.1. The lowest BCUT2D eigenvalue weighted by Gasteiger charge is -2.19. The van der Waals surface area contributed by atoms with Crippen molar-refractivity contribution in [3.63, 3.8) is 0 Å². The molecule has 1 fully saturated rings. The Morgan fingerprint density at radius 3 is 2.72 bits per heavy atom. The van der Waals surface area contributed by atoms with Gasteiger partial charge in [0.15, 0.2) is 5.96 Å². The highest BCUT2D eigenvalue weighted by Gasteiger charge is 2.16. The first-order valence-corrected chi connectivity index (χ1v) is 9.91. The Balaban J connectivity index is 1.81. The molecule has 2 N–H and O–H groups in total. The summed E-state index contributed by atoms with van der Waals surface area (Å²) in [5, 5.41) is 6.74. The number of aliphatic imine (C=N–C) groups is 1. The van der Waals surface area contributed by atoms with Crippen molar-refractivity contribution in [2.24, 2.45) is 4.99 Å². The Morgan fingerprint density at radius 1 is 1.32 bits per heavy atom. The maximum Gasteiger partial charge on any atom is 0.224 e. The molecular formula is C19H29BrN4O. The van der Waals surface area contributed by atoms with Gasteiger partial charge in [0.1, 0.15) is 0 Å². The second kappa shape index (κ2) is 10.4. The van der Waals surface area contributed by atoms with Gasteiger partial charge in [-0.15, -0.1) is 0 Å². The summed E-state index contributed by atoms with van der Waals surface area (Å²) >= 11 is 3.53. The molecule has 138 valence electrons. The van der Waals surface area contributed by atoms with Crippen LogP contribution in [0.2, 0.25) is 0 Å². The second-order valence-corrected chi connectivity index (χ2v) is 7.33. The molecule has 5 nitrogen and oxygen atoms in total. The van der Waals surface area contributed by atoms with Crippen molar-refractivity contribution in [1.29, 1.82) is 0 Å². The molecule has 0 unspecified atom stereocenters. The molecule has 0 spiro atoms. The van der Waals surface area contributed by atoms with Gasteiger partial charge in [0, 0.05) is 37.1 Å². The Labute approximate surface area is 159 Å². The van der Waals surface area contributed by atoms with Crippen LogP contribution < -0.4 is 10.6 Å². The van der Waals surface area contributed by atoms with Gasteiger partial charge in [0.25, 0.3) is 0 Å². The number of carbonyl (C=O) groups is 1. The fourth-order valence-electron chi connectivity index (χ4n) is 3.01. The van der Waals surface area contributed by atoms with Crippen molar-refractivity contribution >= 4 is 27.8 Å². The molecule has 1 saturated carbocycles. The fraction of sp³-hybridized carbons (Fsp3) is 0.579. The predicted molar refractivity (Wildman–Crippen MR) is 107 cm³/mol. The molecule has 2 rings (SSSR count). The average Bonchev–Trinajstić information content (AvgIpc) is 3.10. The van der Waals surface area contributed by atoms with Gasteiger partial charge in [-0.1, -0.05) is 47.0 Å². The summed E-state index contributed by atoms with van der Waals surface area (Å²) in [5.74, 6) is 0.937. The molecule has 0 aliphatic heterocycles. The van der Waals surface area contributed by atoms with Gasteiger partial charge in [-0.05, 0) is 31.4 Å². The monoisotopic (exact) mass is 408 g/mol.